The van der Waals surface area contributed by atoms with Crippen molar-refractivity contribution >= 4 is 5.91 Å². The SMILES string of the molecule is NC1CC(C(=O)NC[C@H]2C[C@@H]2c2ccccc2)C1. The fourth-order valence-corrected chi connectivity index (χ4v) is 2.83. The molecule has 1 aromatic rings. The van der Waals surface area contributed by atoms with Crippen molar-refractivity contribution in [3.8, 4) is 0 Å². The molecule has 2 atom stereocenters. The van der Waals surface area contributed by atoms with Crippen LogP contribution in [0.2, 0.25) is 0 Å². The number of hydrogen-bond donors (Lipinski definition) is 2. The number of benzene rings is 1. The molecule has 0 saturated heterocycles. The van der Waals surface area contributed by atoms with Crippen LogP contribution in [0, 0.1) is 11.8 Å². The summed E-state index contributed by atoms with van der Waals surface area (Å²) in [4.78, 5) is 11.8. The molecule has 2 saturated carbocycles. The van der Waals surface area contributed by atoms with Crippen LogP contribution in [0.3, 0.4) is 0 Å². The number of amides is 1. The number of nitrogens with one attached hydrogen (secondary N) is 1. The van der Waals surface area contributed by atoms with E-state index in [0.29, 0.717) is 11.8 Å². The summed E-state index contributed by atoms with van der Waals surface area (Å²) in [6.45, 7) is 0.824. The van der Waals surface area contributed by atoms with E-state index in [4.69, 9.17) is 5.73 Å². The van der Waals surface area contributed by atoms with Crippen LogP contribution in [-0.2, 0) is 4.79 Å². The summed E-state index contributed by atoms with van der Waals surface area (Å²) in [7, 11) is 0. The van der Waals surface area contributed by atoms with E-state index in [1.807, 2.05) is 6.07 Å². The van der Waals surface area contributed by atoms with E-state index in [1.54, 1.807) is 0 Å². The van der Waals surface area contributed by atoms with Gasteiger partial charge >= 0.3 is 0 Å². The quantitative estimate of drug-likeness (QED) is 0.846. The zero-order valence-electron chi connectivity index (χ0n) is 10.5. The lowest BCUT2D eigenvalue weighted by Crippen LogP contribution is -2.45. The molecule has 0 spiro atoms. The average Bonchev–Trinajstić information content (AvgIpc) is 3.13. The van der Waals surface area contributed by atoms with Crippen LogP contribution >= 0.6 is 0 Å². The third kappa shape index (κ3) is 2.41. The van der Waals surface area contributed by atoms with Crippen LogP contribution in [0.1, 0.15) is 30.7 Å². The fourth-order valence-electron chi connectivity index (χ4n) is 2.83. The van der Waals surface area contributed by atoms with Gasteiger partial charge < -0.3 is 11.1 Å². The largest absolute Gasteiger partial charge is 0.356 e. The predicted molar refractivity (Wildman–Crippen MR) is 71.0 cm³/mol. The minimum Gasteiger partial charge on any atom is -0.356 e. The summed E-state index contributed by atoms with van der Waals surface area (Å²) in [6.07, 6.45) is 2.92. The first-order valence-corrected chi connectivity index (χ1v) is 6.82. The molecule has 0 unspecified atom stereocenters. The molecule has 3 heteroatoms. The second-order valence-corrected chi connectivity index (χ2v) is 5.69. The van der Waals surface area contributed by atoms with E-state index in [9.17, 15) is 4.79 Å². The summed E-state index contributed by atoms with van der Waals surface area (Å²) >= 11 is 0. The number of carbonyl (C=O) groups excluding carboxylic acids is 1. The van der Waals surface area contributed by atoms with Crippen molar-refractivity contribution in [2.45, 2.75) is 31.2 Å². The van der Waals surface area contributed by atoms with Crippen molar-refractivity contribution in [2.75, 3.05) is 6.54 Å². The maximum Gasteiger partial charge on any atom is 0.223 e. The lowest BCUT2D eigenvalue weighted by Gasteiger charge is -2.31. The van der Waals surface area contributed by atoms with Gasteiger partial charge in [-0.15, -0.1) is 0 Å². The maximum absolute atomic E-state index is 11.8. The Morgan fingerprint density at radius 2 is 1.94 bits per heavy atom. The Kier molecular flexibility index (Phi) is 3.08. The maximum atomic E-state index is 11.8. The molecule has 1 amide bonds. The molecule has 18 heavy (non-hydrogen) atoms. The molecule has 3 nitrogen and oxygen atoms in total. The molecule has 1 aromatic carbocycles. The van der Waals surface area contributed by atoms with Crippen LogP contribution in [0.5, 0.6) is 0 Å². The van der Waals surface area contributed by atoms with Gasteiger partial charge in [-0.2, -0.15) is 0 Å². The molecular weight excluding hydrogens is 224 g/mol. The molecule has 2 aliphatic rings. The van der Waals surface area contributed by atoms with Crippen LogP contribution in [-0.4, -0.2) is 18.5 Å². The number of nitrogens with two attached hydrogens (primary N) is 1. The van der Waals surface area contributed by atoms with Crippen LogP contribution < -0.4 is 11.1 Å². The van der Waals surface area contributed by atoms with Gasteiger partial charge in [0, 0.05) is 18.5 Å². The first-order chi connectivity index (χ1) is 8.74. The molecular formula is C15H20N2O. The zero-order valence-corrected chi connectivity index (χ0v) is 10.5. The Balaban J connectivity index is 1.42. The van der Waals surface area contributed by atoms with Gasteiger partial charge in [-0.05, 0) is 36.7 Å². The number of hydrogen-bond acceptors (Lipinski definition) is 2. The van der Waals surface area contributed by atoms with E-state index in [2.05, 4.69) is 29.6 Å². The third-order valence-corrected chi connectivity index (χ3v) is 4.23. The second kappa shape index (κ2) is 4.73. The predicted octanol–water partition coefficient (Wildman–Crippen LogP) is 1.64. The van der Waals surface area contributed by atoms with E-state index >= 15 is 0 Å². The van der Waals surface area contributed by atoms with Gasteiger partial charge in [0.25, 0.3) is 0 Å². The number of rotatable bonds is 4. The van der Waals surface area contributed by atoms with Gasteiger partial charge in [0.15, 0.2) is 0 Å². The Labute approximate surface area is 108 Å². The molecule has 0 bridgehead atoms. The van der Waals surface area contributed by atoms with E-state index < -0.39 is 0 Å². The van der Waals surface area contributed by atoms with Gasteiger partial charge in [0.1, 0.15) is 0 Å². The molecule has 3 rings (SSSR count). The molecule has 0 heterocycles. The Morgan fingerprint density at radius 1 is 1.22 bits per heavy atom. The highest BCUT2D eigenvalue weighted by Gasteiger charge is 2.39. The van der Waals surface area contributed by atoms with Crippen molar-refractivity contribution in [1.82, 2.24) is 5.32 Å². The number of carbonyl (C=O) groups is 1. The second-order valence-electron chi connectivity index (χ2n) is 5.69. The monoisotopic (exact) mass is 244 g/mol. The summed E-state index contributed by atoms with van der Waals surface area (Å²) in [5.41, 5.74) is 7.10. The minimum absolute atomic E-state index is 0.175. The summed E-state index contributed by atoms with van der Waals surface area (Å²) in [5, 5.41) is 3.07. The smallest absolute Gasteiger partial charge is 0.223 e. The normalized spacial score (nSPS) is 33.6. The van der Waals surface area contributed by atoms with Crippen molar-refractivity contribution in [2.24, 2.45) is 17.6 Å². The van der Waals surface area contributed by atoms with Crippen molar-refractivity contribution in [1.29, 1.82) is 0 Å². The van der Waals surface area contributed by atoms with Crippen LogP contribution in [0.25, 0.3) is 0 Å². The molecule has 0 aliphatic heterocycles. The van der Waals surface area contributed by atoms with Gasteiger partial charge in [-0.1, -0.05) is 30.3 Å². The van der Waals surface area contributed by atoms with Gasteiger partial charge in [-0.25, -0.2) is 0 Å². The summed E-state index contributed by atoms with van der Waals surface area (Å²) in [6, 6.07) is 10.8. The van der Waals surface area contributed by atoms with Crippen LogP contribution in [0.4, 0.5) is 0 Å². The average molecular weight is 244 g/mol. The fraction of sp³-hybridized carbons (Fsp3) is 0.533. The minimum atomic E-state index is 0.175. The summed E-state index contributed by atoms with van der Waals surface area (Å²) in [5.74, 6) is 1.66. The molecule has 0 radical (unpaired) electrons. The van der Waals surface area contributed by atoms with Gasteiger partial charge in [0.05, 0.1) is 0 Å². The van der Waals surface area contributed by atoms with Crippen molar-refractivity contribution in [3.05, 3.63) is 35.9 Å². The van der Waals surface area contributed by atoms with Gasteiger partial charge in [0.2, 0.25) is 5.91 Å². The molecule has 2 aliphatic carbocycles. The Morgan fingerprint density at radius 3 is 2.61 bits per heavy atom. The first kappa shape index (κ1) is 11.7. The Bertz CT molecular complexity index is 425. The topological polar surface area (TPSA) is 55.1 Å². The lowest BCUT2D eigenvalue weighted by molar-refractivity contribution is -0.127. The molecule has 3 N–H and O–H groups in total. The van der Waals surface area contributed by atoms with Crippen molar-refractivity contribution < 1.29 is 4.79 Å². The highest BCUT2D eigenvalue weighted by Crippen LogP contribution is 2.46. The lowest BCUT2D eigenvalue weighted by atomic mass is 9.80. The summed E-state index contributed by atoms with van der Waals surface area (Å²) < 4.78 is 0. The Hall–Kier alpha value is -1.35. The first-order valence-electron chi connectivity index (χ1n) is 6.82. The molecule has 2 fully saturated rings. The third-order valence-electron chi connectivity index (χ3n) is 4.23. The van der Waals surface area contributed by atoms with E-state index in [0.717, 1.165) is 19.4 Å². The highest BCUT2D eigenvalue weighted by atomic mass is 16.1. The molecule has 96 valence electrons. The zero-order chi connectivity index (χ0) is 12.5. The molecule has 0 aromatic heterocycles. The highest BCUT2D eigenvalue weighted by molar-refractivity contribution is 5.79. The standard InChI is InChI=1S/C15H20N2O/c16-13-6-11(7-13)15(18)17-9-12-8-14(12)10-4-2-1-3-5-10/h1-5,11-14H,6-9,16H2,(H,17,18)/t11?,12-,13?,14-/m1/s1. The van der Waals surface area contributed by atoms with E-state index in [-0.39, 0.29) is 17.9 Å². The van der Waals surface area contributed by atoms with Crippen LogP contribution in [0.15, 0.2) is 30.3 Å². The van der Waals surface area contributed by atoms with Crippen molar-refractivity contribution in [3.63, 3.8) is 0 Å². The van der Waals surface area contributed by atoms with Gasteiger partial charge in [-0.3, -0.25) is 4.79 Å². The van der Waals surface area contributed by atoms with E-state index in [1.165, 1.54) is 12.0 Å².